The maximum absolute atomic E-state index is 13.6. The lowest BCUT2D eigenvalue weighted by molar-refractivity contribution is 0.106. The maximum Gasteiger partial charge on any atom is 0.212 e. The molecule has 10 nitrogen and oxygen atoms in total. The smallest absolute Gasteiger partial charge is 0.212 e. The van der Waals surface area contributed by atoms with Crippen molar-refractivity contribution in [1.82, 2.24) is 0 Å². The number of rotatable bonds is 2. The minimum absolute atomic E-state index is 0.0645. The van der Waals surface area contributed by atoms with Gasteiger partial charge in [-0.05, 0) is 51.0 Å². The van der Waals surface area contributed by atoms with E-state index in [0.717, 1.165) is 51.5 Å². The van der Waals surface area contributed by atoms with E-state index in [1.165, 1.54) is 22.7 Å². The number of carbonyl (C=O) groups excluding carboxylic acids is 2. The molecule has 0 bridgehead atoms. The van der Waals surface area contributed by atoms with Gasteiger partial charge in [-0.3, -0.25) is 9.59 Å². The number of hydrogen-bond acceptors (Lipinski definition) is 14. The number of Topliss-reactive ketones (excluding diaryl/α,β-unsaturated/α-hetero) is 2. The van der Waals surface area contributed by atoms with Gasteiger partial charge in [-0.15, -0.1) is 45.3 Å². The summed E-state index contributed by atoms with van der Waals surface area (Å²) in [7, 11) is 0. The van der Waals surface area contributed by atoms with Crippen LogP contribution in [0, 0.1) is 45.3 Å². The van der Waals surface area contributed by atoms with E-state index < -0.39 is 11.2 Å². The Morgan fingerprint density at radius 3 is 1.28 bits per heavy atom. The van der Waals surface area contributed by atoms with E-state index in [0.29, 0.717) is 32.3 Å². The molecule has 10 rings (SSSR count). The second-order valence-electron chi connectivity index (χ2n) is 14.7. The zero-order valence-corrected chi connectivity index (χ0v) is 34.0. The second kappa shape index (κ2) is 12.4. The Balaban J connectivity index is 1.09. The summed E-state index contributed by atoms with van der Waals surface area (Å²) in [6.07, 6.45) is 0. The highest BCUT2D eigenvalue weighted by Crippen LogP contribution is 2.65. The van der Waals surface area contributed by atoms with Crippen LogP contribution in [0.2, 0.25) is 0 Å². The molecule has 6 aromatic rings. The first-order chi connectivity index (χ1) is 27.9. The summed E-state index contributed by atoms with van der Waals surface area (Å²) < 4.78 is 15.5. The van der Waals surface area contributed by atoms with Gasteiger partial charge in [0, 0.05) is 33.4 Å². The van der Waals surface area contributed by atoms with Crippen LogP contribution in [0.4, 0.5) is 10.0 Å². The van der Waals surface area contributed by atoms with E-state index in [9.17, 15) is 30.6 Å². The second-order valence-corrected chi connectivity index (χ2v) is 18.8. The molecule has 2 aliphatic carbocycles. The van der Waals surface area contributed by atoms with E-state index >= 15 is 0 Å². The third-order valence-corrected chi connectivity index (χ3v) is 15.3. The average Bonchev–Trinajstić information content (AvgIpc) is 4.05. The molecule has 0 fully saturated rings. The molecule has 0 spiro atoms. The predicted molar refractivity (Wildman–Crippen MR) is 226 cm³/mol. The molecule has 0 amide bonds. The normalized spacial score (nSPS) is 17.5. The lowest BCUT2D eigenvalue weighted by Crippen LogP contribution is -2.27. The van der Waals surface area contributed by atoms with Crippen molar-refractivity contribution in [3.8, 4) is 55.3 Å². The van der Waals surface area contributed by atoms with E-state index in [1.54, 1.807) is 71.2 Å². The molecule has 2 aromatic carbocycles. The third-order valence-electron chi connectivity index (χ3n) is 10.5. The number of aliphatic imine (C=N–C) groups is 2. The molecule has 58 heavy (non-hydrogen) atoms. The number of nitrogens with zero attached hydrogens (tertiary/aromatic N) is 6. The summed E-state index contributed by atoms with van der Waals surface area (Å²) in [5.74, 6) is 0.771. The minimum Gasteiger partial charge on any atom is -0.480 e. The van der Waals surface area contributed by atoms with Crippen LogP contribution in [0.3, 0.4) is 0 Å². The highest BCUT2D eigenvalue weighted by atomic mass is 32.1. The van der Waals surface area contributed by atoms with Gasteiger partial charge in [0.25, 0.3) is 0 Å². The van der Waals surface area contributed by atoms with E-state index in [1.807, 2.05) is 64.1 Å². The van der Waals surface area contributed by atoms with Gasteiger partial charge < -0.3 is 9.47 Å². The van der Waals surface area contributed by atoms with Crippen LogP contribution in [0.5, 0.6) is 11.5 Å². The average molecular weight is 827 g/mol. The first-order valence-corrected chi connectivity index (χ1v) is 21.0. The van der Waals surface area contributed by atoms with E-state index in [2.05, 4.69) is 0 Å². The van der Waals surface area contributed by atoms with Crippen molar-refractivity contribution >= 4 is 98.9 Å². The topological polar surface area (TPSA) is 172 Å². The number of nitriles is 4. The van der Waals surface area contributed by atoms with Gasteiger partial charge in [-0.1, -0.05) is 48.5 Å². The summed E-state index contributed by atoms with van der Waals surface area (Å²) in [4.78, 5) is 40.6. The molecular weight excluding hydrogens is 805 g/mol. The monoisotopic (exact) mass is 826 g/mol. The molecule has 0 saturated heterocycles. The Morgan fingerprint density at radius 2 is 0.914 bits per heavy atom. The summed E-state index contributed by atoms with van der Waals surface area (Å²) >= 11 is 5.96. The van der Waals surface area contributed by atoms with Gasteiger partial charge in [0.05, 0.1) is 28.9 Å². The largest absolute Gasteiger partial charge is 0.480 e. The van der Waals surface area contributed by atoms with Crippen LogP contribution >= 0.6 is 45.3 Å². The SMILES string of the molecule is CC1(C)Oc2c(sc3c4c(sc23)-c2sc(N=C3C(=O)c5ccccc5C3=C(C#N)C#N)cc2C(C)(C)O4)-c2sc(N=C3C(=O)c4ccccc4C3=C(C#N)C#N)cc21. The van der Waals surface area contributed by atoms with Crippen LogP contribution in [0.15, 0.2) is 81.8 Å². The molecule has 2 aliphatic heterocycles. The molecule has 0 radical (unpaired) electrons. The molecule has 6 heterocycles. The van der Waals surface area contributed by atoms with Crippen molar-refractivity contribution in [2.24, 2.45) is 9.98 Å². The molecule has 0 N–H and O–H groups in total. The Bertz CT molecular complexity index is 3030. The number of hydrogen-bond donors (Lipinski definition) is 0. The van der Waals surface area contributed by atoms with E-state index in [-0.39, 0.29) is 45.3 Å². The Labute approximate surface area is 346 Å². The van der Waals surface area contributed by atoms with Crippen LogP contribution in [0.25, 0.3) is 40.1 Å². The molecular formula is C44H22N6O4S4. The third kappa shape index (κ3) is 4.87. The van der Waals surface area contributed by atoms with Crippen molar-refractivity contribution in [3.63, 3.8) is 0 Å². The van der Waals surface area contributed by atoms with Crippen molar-refractivity contribution < 1.29 is 19.1 Å². The Hall–Kier alpha value is -6.78. The Kier molecular flexibility index (Phi) is 7.59. The van der Waals surface area contributed by atoms with Gasteiger partial charge in [-0.25, -0.2) is 9.98 Å². The first kappa shape index (κ1) is 35.6. The quantitative estimate of drug-likeness (QED) is 0.155. The van der Waals surface area contributed by atoms with Gasteiger partial charge in [0.2, 0.25) is 11.6 Å². The zero-order valence-electron chi connectivity index (χ0n) is 30.7. The molecule has 14 heteroatoms. The van der Waals surface area contributed by atoms with Crippen molar-refractivity contribution in [2.75, 3.05) is 0 Å². The number of fused-ring (bicyclic) bond motifs is 11. The van der Waals surface area contributed by atoms with Crippen LogP contribution in [-0.4, -0.2) is 23.0 Å². The molecule has 0 unspecified atom stereocenters. The van der Waals surface area contributed by atoms with Crippen LogP contribution in [-0.2, 0) is 11.2 Å². The van der Waals surface area contributed by atoms with Gasteiger partial charge >= 0.3 is 0 Å². The number of ether oxygens (including phenoxy) is 2. The molecule has 4 aliphatic rings. The van der Waals surface area contributed by atoms with Crippen molar-refractivity contribution in [2.45, 2.75) is 38.9 Å². The zero-order chi connectivity index (χ0) is 40.4. The summed E-state index contributed by atoms with van der Waals surface area (Å²) in [6, 6.07) is 25.4. The number of benzene rings is 2. The number of ketones is 2. The number of thiophene rings is 4. The fourth-order valence-corrected chi connectivity index (χ4v) is 13.1. The molecule has 276 valence electrons. The van der Waals surface area contributed by atoms with Crippen LogP contribution < -0.4 is 9.47 Å². The number of carbonyl (C=O) groups is 2. The predicted octanol–water partition coefficient (Wildman–Crippen LogP) is 11.2. The Morgan fingerprint density at radius 1 is 0.552 bits per heavy atom. The van der Waals surface area contributed by atoms with Gasteiger partial charge in [0.1, 0.15) is 68.1 Å². The van der Waals surface area contributed by atoms with Crippen LogP contribution in [0.1, 0.15) is 70.7 Å². The molecule has 4 aromatic heterocycles. The first-order valence-electron chi connectivity index (χ1n) is 17.7. The fourth-order valence-electron chi connectivity index (χ4n) is 7.85. The summed E-state index contributed by atoms with van der Waals surface area (Å²) in [5, 5.41) is 40.3. The van der Waals surface area contributed by atoms with Gasteiger partial charge in [0.15, 0.2) is 11.5 Å². The highest BCUT2D eigenvalue weighted by Gasteiger charge is 2.43. The van der Waals surface area contributed by atoms with Gasteiger partial charge in [-0.2, -0.15) is 21.0 Å². The number of allylic oxidation sites excluding steroid dienone is 4. The van der Waals surface area contributed by atoms with Crippen molar-refractivity contribution in [3.05, 3.63) is 105 Å². The lowest BCUT2D eigenvalue weighted by atomic mass is 9.95. The summed E-state index contributed by atoms with van der Waals surface area (Å²) in [6.45, 7) is 7.94. The van der Waals surface area contributed by atoms with E-state index in [4.69, 9.17) is 19.5 Å². The molecule has 0 saturated carbocycles. The fraction of sp³-hybridized carbons (Fsp3) is 0.136. The highest BCUT2D eigenvalue weighted by molar-refractivity contribution is 7.35. The summed E-state index contributed by atoms with van der Waals surface area (Å²) in [5.41, 5.74) is 2.35. The molecule has 0 atom stereocenters. The maximum atomic E-state index is 13.6. The standard InChI is InChI=1S/C44H22N6O4S4/c1-43(2)25-13-27(49-31-29(19(15-45)16-46)21-9-5-7-11-23(21)33(31)51)55-37(25)39-35(53-43)41-42(57-39)36-40(58-41)38-26(44(3,4)54-36)14-28(56-38)50-32-30(20(17-47)18-48)22-10-6-8-12-24(22)34(32)52/h5-14H,1-4H3. The minimum atomic E-state index is -0.776. The lowest BCUT2D eigenvalue weighted by Gasteiger charge is -2.31. The van der Waals surface area contributed by atoms with Crippen molar-refractivity contribution in [1.29, 1.82) is 21.0 Å².